The third kappa shape index (κ3) is 4.72. The van der Waals surface area contributed by atoms with Gasteiger partial charge in [0, 0.05) is 19.6 Å². The van der Waals surface area contributed by atoms with Crippen LogP contribution in [0.1, 0.15) is 30.9 Å². The molecule has 2 rings (SSSR count). The Morgan fingerprint density at radius 1 is 1.38 bits per heavy atom. The molecule has 1 fully saturated rings. The number of likely N-dealkylation sites (tertiary alicyclic amines) is 1. The van der Waals surface area contributed by atoms with Crippen molar-refractivity contribution in [3.8, 4) is 6.07 Å². The quantitative estimate of drug-likeness (QED) is 0.519. The molecule has 6 nitrogen and oxygen atoms in total. The zero-order valence-electron chi connectivity index (χ0n) is 14.3. The molecule has 0 unspecified atom stereocenters. The zero-order valence-corrected chi connectivity index (χ0v) is 14.3. The van der Waals surface area contributed by atoms with Crippen molar-refractivity contribution < 1.29 is 9.53 Å². The smallest absolute Gasteiger partial charge is 0.308 e. The SMILES string of the molecule is CCNC(=NCc1ccc(C#N)cc1)N1CCC(C(=O)OC)CC1. The van der Waals surface area contributed by atoms with Gasteiger partial charge in [0.25, 0.3) is 0 Å². The van der Waals surface area contributed by atoms with Gasteiger partial charge in [-0.15, -0.1) is 0 Å². The van der Waals surface area contributed by atoms with E-state index in [1.165, 1.54) is 7.11 Å². The molecule has 1 saturated heterocycles. The van der Waals surface area contributed by atoms with Crippen molar-refractivity contribution >= 4 is 11.9 Å². The summed E-state index contributed by atoms with van der Waals surface area (Å²) in [6, 6.07) is 9.58. The van der Waals surface area contributed by atoms with Crippen LogP contribution in [0, 0.1) is 17.2 Å². The molecule has 0 saturated carbocycles. The number of carbonyl (C=O) groups is 1. The number of esters is 1. The van der Waals surface area contributed by atoms with Crippen LogP contribution in [0.15, 0.2) is 29.3 Å². The molecule has 0 aromatic heterocycles. The molecule has 0 spiro atoms. The van der Waals surface area contributed by atoms with Gasteiger partial charge in [-0.05, 0) is 37.5 Å². The van der Waals surface area contributed by atoms with Crippen molar-refractivity contribution in [2.45, 2.75) is 26.3 Å². The first kappa shape index (κ1) is 17.8. The number of nitrogens with zero attached hydrogens (tertiary/aromatic N) is 3. The molecule has 0 atom stereocenters. The molecule has 0 amide bonds. The number of aliphatic imine (C=N–C) groups is 1. The summed E-state index contributed by atoms with van der Waals surface area (Å²) < 4.78 is 4.83. The lowest BCUT2D eigenvalue weighted by atomic mass is 9.97. The Bertz CT molecular complexity index is 611. The fourth-order valence-electron chi connectivity index (χ4n) is 2.77. The molecule has 6 heteroatoms. The van der Waals surface area contributed by atoms with Crippen molar-refractivity contribution in [1.82, 2.24) is 10.2 Å². The molecule has 0 bridgehead atoms. The maximum Gasteiger partial charge on any atom is 0.308 e. The Morgan fingerprint density at radius 3 is 2.58 bits per heavy atom. The Balaban J connectivity index is 1.98. The minimum Gasteiger partial charge on any atom is -0.469 e. The highest BCUT2D eigenvalue weighted by Gasteiger charge is 2.26. The number of ether oxygens (including phenoxy) is 1. The van der Waals surface area contributed by atoms with Gasteiger partial charge in [-0.3, -0.25) is 4.79 Å². The molecule has 0 radical (unpaired) electrons. The van der Waals surface area contributed by atoms with E-state index < -0.39 is 0 Å². The van der Waals surface area contributed by atoms with Gasteiger partial charge in [-0.2, -0.15) is 5.26 Å². The minimum absolute atomic E-state index is 0.00680. The van der Waals surface area contributed by atoms with Crippen LogP contribution >= 0.6 is 0 Å². The fraction of sp³-hybridized carbons (Fsp3) is 0.500. The first-order valence-electron chi connectivity index (χ1n) is 8.28. The summed E-state index contributed by atoms with van der Waals surface area (Å²) in [5.41, 5.74) is 1.72. The molecule has 1 aromatic rings. The van der Waals surface area contributed by atoms with Gasteiger partial charge in [-0.25, -0.2) is 4.99 Å². The lowest BCUT2D eigenvalue weighted by Crippen LogP contribution is -2.46. The number of piperidine rings is 1. The molecule has 24 heavy (non-hydrogen) atoms. The first-order valence-corrected chi connectivity index (χ1v) is 8.28. The Kier molecular flexibility index (Phi) is 6.62. The number of guanidine groups is 1. The van der Waals surface area contributed by atoms with Crippen LogP contribution in [0.2, 0.25) is 0 Å². The van der Waals surface area contributed by atoms with Crippen LogP contribution in [0.4, 0.5) is 0 Å². The second-order valence-corrected chi connectivity index (χ2v) is 5.76. The number of benzene rings is 1. The summed E-state index contributed by atoms with van der Waals surface area (Å²) in [6.07, 6.45) is 1.57. The van der Waals surface area contributed by atoms with Crippen LogP contribution in [0.5, 0.6) is 0 Å². The maximum absolute atomic E-state index is 11.6. The second kappa shape index (κ2) is 8.92. The number of carbonyl (C=O) groups excluding carboxylic acids is 1. The van der Waals surface area contributed by atoms with E-state index in [4.69, 9.17) is 10.00 Å². The predicted molar refractivity (Wildman–Crippen MR) is 92.3 cm³/mol. The molecule has 1 heterocycles. The monoisotopic (exact) mass is 328 g/mol. The van der Waals surface area contributed by atoms with E-state index in [0.29, 0.717) is 12.1 Å². The van der Waals surface area contributed by atoms with Crippen LogP contribution in [-0.4, -0.2) is 43.6 Å². The Morgan fingerprint density at radius 2 is 2.04 bits per heavy atom. The van der Waals surface area contributed by atoms with E-state index in [2.05, 4.69) is 21.3 Å². The number of hydrogen-bond acceptors (Lipinski definition) is 4. The lowest BCUT2D eigenvalue weighted by Gasteiger charge is -2.33. The number of nitriles is 1. The van der Waals surface area contributed by atoms with Crippen molar-refractivity contribution in [3.05, 3.63) is 35.4 Å². The maximum atomic E-state index is 11.6. The van der Waals surface area contributed by atoms with Crippen molar-refractivity contribution in [1.29, 1.82) is 5.26 Å². The molecule has 128 valence electrons. The Labute approximate surface area is 143 Å². The molecule has 0 aliphatic carbocycles. The lowest BCUT2D eigenvalue weighted by molar-refractivity contribution is -0.146. The topological polar surface area (TPSA) is 77.7 Å². The fourth-order valence-corrected chi connectivity index (χ4v) is 2.77. The standard InChI is InChI=1S/C18H24N4O2/c1-3-20-18(21-13-15-6-4-14(12-19)5-7-15)22-10-8-16(9-11-22)17(23)24-2/h4-7,16H,3,8-11,13H2,1-2H3,(H,20,21). The predicted octanol–water partition coefficient (Wildman–Crippen LogP) is 1.91. The average Bonchev–Trinajstić information content (AvgIpc) is 2.65. The van der Waals surface area contributed by atoms with Crippen LogP contribution in [0.3, 0.4) is 0 Å². The highest BCUT2D eigenvalue weighted by molar-refractivity contribution is 5.80. The molecule has 1 aliphatic heterocycles. The summed E-state index contributed by atoms with van der Waals surface area (Å²) in [5.74, 6) is 0.743. The first-order chi connectivity index (χ1) is 11.7. The summed E-state index contributed by atoms with van der Waals surface area (Å²) in [5, 5.41) is 12.1. The average molecular weight is 328 g/mol. The van der Waals surface area contributed by atoms with Gasteiger partial charge in [0.2, 0.25) is 0 Å². The molecule has 1 aliphatic rings. The zero-order chi connectivity index (χ0) is 17.4. The summed E-state index contributed by atoms with van der Waals surface area (Å²) in [6.45, 7) is 4.98. The van der Waals surface area contributed by atoms with Crippen molar-refractivity contribution in [3.63, 3.8) is 0 Å². The minimum atomic E-state index is -0.117. The van der Waals surface area contributed by atoms with Crippen LogP contribution in [-0.2, 0) is 16.1 Å². The largest absolute Gasteiger partial charge is 0.469 e. The number of methoxy groups -OCH3 is 1. The number of hydrogen-bond donors (Lipinski definition) is 1. The van der Waals surface area contributed by atoms with Gasteiger partial charge in [-0.1, -0.05) is 12.1 Å². The summed E-state index contributed by atoms with van der Waals surface area (Å²) in [4.78, 5) is 18.5. The third-order valence-corrected chi connectivity index (χ3v) is 4.16. The van der Waals surface area contributed by atoms with Gasteiger partial charge < -0.3 is 15.0 Å². The molecule has 1 N–H and O–H groups in total. The van der Waals surface area contributed by atoms with E-state index in [1.54, 1.807) is 12.1 Å². The normalized spacial score (nSPS) is 15.7. The van der Waals surface area contributed by atoms with E-state index in [1.807, 2.05) is 19.1 Å². The number of nitrogens with one attached hydrogen (secondary N) is 1. The van der Waals surface area contributed by atoms with E-state index in [9.17, 15) is 4.79 Å². The second-order valence-electron chi connectivity index (χ2n) is 5.76. The van der Waals surface area contributed by atoms with Crippen LogP contribution in [0.25, 0.3) is 0 Å². The van der Waals surface area contributed by atoms with Crippen LogP contribution < -0.4 is 5.32 Å². The molecule has 1 aromatic carbocycles. The van der Waals surface area contributed by atoms with Gasteiger partial charge in [0.15, 0.2) is 5.96 Å². The molecular formula is C18H24N4O2. The van der Waals surface area contributed by atoms with E-state index in [0.717, 1.165) is 44.0 Å². The van der Waals surface area contributed by atoms with E-state index in [-0.39, 0.29) is 11.9 Å². The highest BCUT2D eigenvalue weighted by atomic mass is 16.5. The Hall–Kier alpha value is -2.55. The van der Waals surface area contributed by atoms with Crippen molar-refractivity contribution in [2.24, 2.45) is 10.9 Å². The van der Waals surface area contributed by atoms with Gasteiger partial charge in [0.1, 0.15) is 0 Å². The number of rotatable bonds is 4. The molecular weight excluding hydrogens is 304 g/mol. The third-order valence-electron chi connectivity index (χ3n) is 4.16. The van der Waals surface area contributed by atoms with E-state index >= 15 is 0 Å². The summed E-state index contributed by atoms with van der Waals surface area (Å²) in [7, 11) is 1.44. The van der Waals surface area contributed by atoms with Gasteiger partial charge in [0.05, 0.1) is 31.2 Å². The highest BCUT2D eigenvalue weighted by Crippen LogP contribution is 2.18. The van der Waals surface area contributed by atoms with Crippen molar-refractivity contribution in [2.75, 3.05) is 26.7 Å². The summed E-state index contributed by atoms with van der Waals surface area (Å²) >= 11 is 0. The van der Waals surface area contributed by atoms with Gasteiger partial charge >= 0.3 is 5.97 Å².